The molecular weight excluding hydrogens is 232 g/mol. The van der Waals surface area contributed by atoms with Crippen molar-refractivity contribution in [2.75, 3.05) is 12.4 Å². The Morgan fingerprint density at radius 1 is 1.35 bits per heavy atom. The zero-order valence-electron chi connectivity index (χ0n) is 9.57. The highest BCUT2D eigenvalue weighted by atomic mass is 32.1. The second kappa shape index (κ2) is 5.50. The first-order valence-corrected chi connectivity index (χ1v) is 6.31. The molecule has 0 atom stereocenters. The summed E-state index contributed by atoms with van der Waals surface area (Å²) in [6.07, 6.45) is 0. The Morgan fingerprint density at radius 2 is 2.24 bits per heavy atom. The number of benzene rings is 1. The van der Waals surface area contributed by atoms with Crippen LogP contribution >= 0.6 is 11.3 Å². The highest BCUT2D eigenvalue weighted by Crippen LogP contribution is 2.13. The van der Waals surface area contributed by atoms with Crippen LogP contribution in [0.25, 0.3) is 0 Å². The predicted octanol–water partition coefficient (Wildman–Crippen LogP) is 2.72. The van der Waals surface area contributed by atoms with Gasteiger partial charge in [-0.3, -0.25) is 4.79 Å². The van der Waals surface area contributed by atoms with Crippen LogP contribution < -0.4 is 10.6 Å². The number of nitrogens with one attached hydrogen (secondary N) is 2. The third kappa shape index (κ3) is 3.07. The monoisotopic (exact) mass is 246 g/mol. The van der Waals surface area contributed by atoms with E-state index in [-0.39, 0.29) is 5.91 Å². The van der Waals surface area contributed by atoms with Gasteiger partial charge in [-0.15, -0.1) is 0 Å². The predicted molar refractivity (Wildman–Crippen MR) is 71.5 cm³/mol. The van der Waals surface area contributed by atoms with Gasteiger partial charge in [0.15, 0.2) is 0 Å². The van der Waals surface area contributed by atoms with Crippen molar-refractivity contribution in [3.63, 3.8) is 0 Å². The number of hydrogen-bond acceptors (Lipinski definition) is 3. The number of anilines is 1. The van der Waals surface area contributed by atoms with Crippen LogP contribution in [0.1, 0.15) is 15.9 Å². The van der Waals surface area contributed by atoms with Crippen molar-refractivity contribution < 1.29 is 4.79 Å². The van der Waals surface area contributed by atoms with Gasteiger partial charge in [-0.25, -0.2) is 0 Å². The first kappa shape index (κ1) is 11.7. The maximum atomic E-state index is 11.5. The summed E-state index contributed by atoms with van der Waals surface area (Å²) in [7, 11) is 1.63. The summed E-state index contributed by atoms with van der Waals surface area (Å²) in [5, 5.41) is 10.1. The zero-order chi connectivity index (χ0) is 12.1. The molecule has 4 heteroatoms. The summed E-state index contributed by atoms with van der Waals surface area (Å²) in [4.78, 5) is 11.5. The van der Waals surface area contributed by atoms with E-state index >= 15 is 0 Å². The zero-order valence-corrected chi connectivity index (χ0v) is 10.4. The van der Waals surface area contributed by atoms with Gasteiger partial charge in [-0.2, -0.15) is 11.3 Å². The van der Waals surface area contributed by atoms with Gasteiger partial charge in [-0.05, 0) is 40.6 Å². The van der Waals surface area contributed by atoms with Gasteiger partial charge in [0.05, 0.1) is 0 Å². The van der Waals surface area contributed by atoms with Crippen LogP contribution in [0, 0.1) is 0 Å². The molecule has 17 heavy (non-hydrogen) atoms. The third-order valence-corrected chi connectivity index (χ3v) is 3.16. The van der Waals surface area contributed by atoms with Crippen molar-refractivity contribution in [2.24, 2.45) is 0 Å². The Kier molecular flexibility index (Phi) is 3.77. The Hall–Kier alpha value is -1.81. The van der Waals surface area contributed by atoms with E-state index in [2.05, 4.69) is 27.5 Å². The third-order valence-electron chi connectivity index (χ3n) is 2.43. The molecule has 0 aliphatic heterocycles. The first-order chi connectivity index (χ1) is 8.29. The number of amides is 1. The molecule has 0 aliphatic rings. The van der Waals surface area contributed by atoms with Crippen molar-refractivity contribution >= 4 is 22.9 Å². The quantitative estimate of drug-likeness (QED) is 0.871. The lowest BCUT2D eigenvalue weighted by atomic mass is 10.2. The van der Waals surface area contributed by atoms with E-state index in [4.69, 9.17) is 0 Å². The van der Waals surface area contributed by atoms with Crippen molar-refractivity contribution in [1.82, 2.24) is 5.32 Å². The summed E-state index contributed by atoms with van der Waals surface area (Å²) in [5.74, 6) is -0.0656. The summed E-state index contributed by atoms with van der Waals surface area (Å²) in [5.41, 5.74) is 2.88. The summed E-state index contributed by atoms with van der Waals surface area (Å²) in [6.45, 7) is 0.778. The molecule has 0 spiro atoms. The minimum atomic E-state index is -0.0656. The molecule has 3 nitrogen and oxygen atoms in total. The summed E-state index contributed by atoms with van der Waals surface area (Å²) >= 11 is 1.68. The highest BCUT2D eigenvalue weighted by Gasteiger charge is 2.03. The smallest absolute Gasteiger partial charge is 0.251 e. The lowest BCUT2D eigenvalue weighted by molar-refractivity contribution is 0.0963. The first-order valence-electron chi connectivity index (χ1n) is 5.36. The molecule has 0 radical (unpaired) electrons. The van der Waals surface area contributed by atoms with Gasteiger partial charge in [0.25, 0.3) is 5.91 Å². The molecule has 1 aromatic heterocycles. The topological polar surface area (TPSA) is 41.1 Å². The molecule has 0 fully saturated rings. The maximum Gasteiger partial charge on any atom is 0.251 e. The second-order valence-electron chi connectivity index (χ2n) is 3.65. The number of carbonyl (C=O) groups is 1. The molecule has 1 amide bonds. The summed E-state index contributed by atoms with van der Waals surface area (Å²) in [6, 6.07) is 9.57. The van der Waals surface area contributed by atoms with E-state index in [0.29, 0.717) is 5.56 Å². The van der Waals surface area contributed by atoms with Crippen LogP contribution in [0.2, 0.25) is 0 Å². The van der Waals surface area contributed by atoms with Crippen LogP contribution in [0.3, 0.4) is 0 Å². The number of thiophene rings is 1. The summed E-state index contributed by atoms with van der Waals surface area (Å²) < 4.78 is 0. The molecule has 1 aromatic carbocycles. The Bertz CT molecular complexity index is 494. The van der Waals surface area contributed by atoms with Gasteiger partial charge in [0, 0.05) is 24.8 Å². The lowest BCUT2D eigenvalue weighted by Gasteiger charge is -2.06. The van der Waals surface area contributed by atoms with E-state index < -0.39 is 0 Å². The average Bonchev–Trinajstić information content (AvgIpc) is 2.89. The van der Waals surface area contributed by atoms with E-state index in [1.165, 1.54) is 5.56 Å². The van der Waals surface area contributed by atoms with Crippen molar-refractivity contribution in [1.29, 1.82) is 0 Å². The molecule has 2 aromatic rings. The Morgan fingerprint density at radius 3 is 2.94 bits per heavy atom. The lowest BCUT2D eigenvalue weighted by Crippen LogP contribution is -2.17. The fraction of sp³-hybridized carbons (Fsp3) is 0.154. The van der Waals surface area contributed by atoms with Gasteiger partial charge in [0.1, 0.15) is 0 Å². The molecule has 0 bridgehead atoms. The van der Waals surface area contributed by atoms with Crippen molar-refractivity contribution in [3.8, 4) is 0 Å². The fourth-order valence-corrected chi connectivity index (χ4v) is 2.18. The molecule has 2 N–H and O–H groups in total. The maximum absolute atomic E-state index is 11.5. The largest absolute Gasteiger partial charge is 0.381 e. The number of carbonyl (C=O) groups excluding carboxylic acids is 1. The van der Waals surface area contributed by atoms with Gasteiger partial charge in [0.2, 0.25) is 0 Å². The van der Waals surface area contributed by atoms with Crippen LogP contribution in [-0.2, 0) is 6.54 Å². The van der Waals surface area contributed by atoms with Gasteiger partial charge < -0.3 is 10.6 Å². The van der Waals surface area contributed by atoms with E-state index in [0.717, 1.165) is 12.2 Å². The van der Waals surface area contributed by atoms with Gasteiger partial charge in [-0.1, -0.05) is 6.07 Å². The molecule has 0 saturated heterocycles. The highest BCUT2D eigenvalue weighted by molar-refractivity contribution is 7.07. The van der Waals surface area contributed by atoms with Crippen LogP contribution in [-0.4, -0.2) is 13.0 Å². The van der Waals surface area contributed by atoms with Crippen molar-refractivity contribution in [2.45, 2.75) is 6.54 Å². The van der Waals surface area contributed by atoms with Crippen LogP contribution in [0.15, 0.2) is 41.1 Å². The van der Waals surface area contributed by atoms with Crippen molar-refractivity contribution in [3.05, 3.63) is 52.2 Å². The van der Waals surface area contributed by atoms with E-state index in [1.807, 2.05) is 18.2 Å². The number of hydrogen-bond donors (Lipinski definition) is 2. The molecular formula is C13H14N2OS. The van der Waals surface area contributed by atoms with Crippen LogP contribution in [0.5, 0.6) is 0 Å². The Balaban J connectivity index is 2.03. The minimum Gasteiger partial charge on any atom is -0.381 e. The normalized spacial score (nSPS) is 9.94. The Labute approximate surface area is 104 Å². The fourth-order valence-electron chi connectivity index (χ4n) is 1.51. The molecule has 88 valence electrons. The minimum absolute atomic E-state index is 0.0656. The number of rotatable bonds is 4. The van der Waals surface area contributed by atoms with Crippen LogP contribution in [0.4, 0.5) is 5.69 Å². The van der Waals surface area contributed by atoms with E-state index in [1.54, 1.807) is 24.5 Å². The second-order valence-corrected chi connectivity index (χ2v) is 4.43. The molecule has 1 heterocycles. The molecule has 0 saturated carbocycles. The average molecular weight is 246 g/mol. The molecule has 2 rings (SSSR count). The molecule has 0 aliphatic carbocycles. The van der Waals surface area contributed by atoms with Gasteiger partial charge >= 0.3 is 0 Å². The van der Waals surface area contributed by atoms with E-state index in [9.17, 15) is 4.79 Å². The standard InChI is InChI=1S/C13H14N2OS/c1-14-13(16)11-3-2-4-12(7-11)15-8-10-5-6-17-9-10/h2-7,9,15H,8H2,1H3,(H,14,16). The SMILES string of the molecule is CNC(=O)c1cccc(NCc2ccsc2)c1. The molecule has 0 unspecified atom stereocenters.